The van der Waals surface area contributed by atoms with Gasteiger partial charge in [0.15, 0.2) is 0 Å². The van der Waals surface area contributed by atoms with Gasteiger partial charge in [-0.25, -0.2) is 22.9 Å². The highest BCUT2D eigenvalue weighted by molar-refractivity contribution is 7.88. The number of halogens is 2. The number of hydrogen-bond donors (Lipinski definition) is 1. The molecule has 1 N–H and O–H groups in total. The zero-order chi connectivity index (χ0) is 36.8. The number of esters is 2. The quantitative estimate of drug-likeness (QED) is 0.281. The summed E-state index contributed by atoms with van der Waals surface area (Å²) in [6.07, 6.45) is 8.64. The van der Waals surface area contributed by atoms with Crippen LogP contribution in [0.3, 0.4) is 0 Å². The average Bonchev–Trinajstić information content (AvgIpc) is 3.63. The van der Waals surface area contributed by atoms with Crippen LogP contribution in [0.15, 0.2) is 46.0 Å². The lowest BCUT2D eigenvalue weighted by Gasteiger charge is -2.44. The van der Waals surface area contributed by atoms with E-state index in [0.29, 0.717) is 56.8 Å². The van der Waals surface area contributed by atoms with Gasteiger partial charge in [0.05, 0.1) is 43.2 Å². The van der Waals surface area contributed by atoms with Gasteiger partial charge in [-0.1, -0.05) is 48.5 Å². The molecule has 1 amide bonds. The molecule has 51 heavy (non-hydrogen) atoms. The zero-order valence-corrected chi connectivity index (χ0v) is 32.3. The van der Waals surface area contributed by atoms with E-state index < -0.39 is 33.8 Å². The summed E-state index contributed by atoms with van der Waals surface area (Å²) in [6, 6.07) is 4.93. The topological polar surface area (TPSA) is 148 Å². The Morgan fingerprint density at radius 2 is 1.71 bits per heavy atom. The van der Waals surface area contributed by atoms with Crippen molar-refractivity contribution in [3.05, 3.63) is 61.7 Å². The number of rotatable bonds is 13. The highest BCUT2D eigenvalue weighted by atomic mass is 35.5. The van der Waals surface area contributed by atoms with E-state index in [1.54, 1.807) is 29.3 Å². The molecule has 2 unspecified atom stereocenters. The first-order valence-corrected chi connectivity index (χ1v) is 20.6. The van der Waals surface area contributed by atoms with Gasteiger partial charge in [-0.15, -0.1) is 11.3 Å². The van der Waals surface area contributed by atoms with Crippen LogP contribution in [-0.4, -0.2) is 107 Å². The van der Waals surface area contributed by atoms with Gasteiger partial charge in [0, 0.05) is 78.9 Å². The predicted molar refractivity (Wildman–Crippen MR) is 198 cm³/mol. The first-order chi connectivity index (χ1) is 24.3. The summed E-state index contributed by atoms with van der Waals surface area (Å²) >= 11 is 14.9. The minimum atomic E-state index is -3.32. The molecule has 16 heteroatoms. The molecular weight excluding hydrogens is 737 g/mol. The summed E-state index contributed by atoms with van der Waals surface area (Å²) in [5, 5.41) is 3.19. The molecule has 2 atom stereocenters. The maximum atomic E-state index is 14.0. The summed E-state index contributed by atoms with van der Waals surface area (Å²) in [5.74, 6) is -3.68. The Hall–Kier alpha value is -2.88. The third kappa shape index (κ3) is 9.76. The SMILES string of the molecule is COC(=O)C1=C(CC(=O)N2CCN(CC3(CNS(C)(=O)=O)CCCCC3)CC2)N=C(CCc2nccs2)C(C(=O)OC)C1c1c(Cl)cccc1Cl. The molecule has 2 fully saturated rings. The highest BCUT2D eigenvalue weighted by Gasteiger charge is 2.46. The van der Waals surface area contributed by atoms with Crippen LogP contribution >= 0.6 is 34.5 Å². The predicted octanol–water partition coefficient (Wildman–Crippen LogP) is 4.87. The summed E-state index contributed by atoms with van der Waals surface area (Å²) in [7, 11) is -0.814. The fourth-order valence-electron chi connectivity index (χ4n) is 7.53. The maximum absolute atomic E-state index is 14.0. The van der Waals surface area contributed by atoms with E-state index in [0.717, 1.165) is 43.7 Å². The molecule has 12 nitrogen and oxygen atoms in total. The minimum absolute atomic E-state index is 0.0329. The van der Waals surface area contributed by atoms with Crippen molar-refractivity contribution in [2.45, 2.75) is 57.3 Å². The van der Waals surface area contributed by atoms with E-state index in [9.17, 15) is 22.8 Å². The van der Waals surface area contributed by atoms with Crippen molar-refractivity contribution in [2.75, 3.05) is 59.7 Å². The fourth-order valence-corrected chi connectivity index (χ4v) is 9.35. The Morgan fingerprint density at radius 3 is 2.29 bits per heavy atom. The number of thiazole rings is 1. The molecule has 1 saturated heterocycles. The van der Waals surface area contributed by atoms with Crippen LogP contribution in [0.25, 0.3) is 0 Å². The van der Waals surface area contributed by atoms with Crippen molar-refractivity contribution in [1.29, 1.82) is 0 Å². The number of hydrogen-bond acceptors (Lipinski definition) is 11. The van der Waals surface area contributed by atoms with Crippen LogP contribution in [0.4, 0.5) is 0 Å². The molecule has 3 aliphatic rings. The van der Waals surface area contributed by atoms with E-state index >= 15 is 0 Å². The molecule has 0 bridgehead atoms. The van der Waals surface area contributed by atoms with Crippen LogP contribution < -0.4 is 4.72 Å². The molecule has 1 aromatic heterocycles. The number of aromatic nitrogens is 1. The van der Waals surface area contributed by atoms with Gasteiger partial charge < -0.3 is 14.4 Å². The molecule has 1 aromatic carbocycles. The van der Waals surface area contributed by atoms with Crippen molar-refractivity contribution in [3.63, 3.8) is 0 Å². The van der Waals surface area contributed by atoms with Gasteiger partial charge in [-0.05, 0) is 42.4 Å². The largest absolute Gasteiger partial charge is 0.468 e. The van der Waals surface area contributed by atoms with Gasteiger partial charge in [0.1, 0.15) is 5.92 Å². The van der Waals surface area contributed by atoms with Crippen molar-refractivity contribution in [1.82, 2.24) is 19.5 Å². The van der Waals surface area contributed by atoms with Crippen molar-refractivity contribution >= 4 is 68.1 Å². The summed E-state index contributed by atoms with van der Waals surface area (Å²) < 4.78 is 37.1. The minimum Gasteiger partial charge on any atom is -0.468 e. The van der Waals surface area contributed by atoms with Gasteiger partial charge >= 0.3 is 11.9 Å². The molecule has 1 aliphatic carbocycles. The lowest BCUT2D eigenvalue weighted by Crippen LogP contribution is -2.53. The number of carbonyl (C=O) groups is 3. The average molecular weight is 783 g/mol. The number of nitrogens with zero attached hydrogens (tertiary/aromatic N) is 4. The normalized spacial score (nSPS) is 21.3. The van der Waals surface area contributed by atoms with Crippen molar-refractivity contribution in [3.8, 4) is 0 Å². The van der Waals surface area contributed by atoms with Gasteiger partial charge in [-0.2, -0.15) is 0 Å². The lowest BCUT2D eigenvalue weighted by molar-refractivity contribution is -0.143. The Balaban J connectivity index is 1.43. The van der Waals surface area contributed by atoms with Crippen LogP contribution in [0.1, 0.15) is 61.4 Å². The third-order valence-electron chi connectivity index (χ3n) is 10.1. The summed E-state index contributed by atoms with van der Waals surface area (Å²) in [6.45, 7) is 3.32. The van der Waals surface area contributed by atoms with Gasteiger partial charge in [0.2, 0.25) is 15.9 Å². The van der Waals surface area contributed by atoms with E-state index in [2.05, 4.69) is 14.6 Å². The number of aliphatic imine (C=N–C) groups is 1. The number of carbonyl (C=O) groups excluding carboxylic acids is 3. The molecule has 3 heterocycles. The number of nitrogens with one attached hydrogen (secondary N) is 1. The zero-order valence-electron chi connectivity index (χ0n) is 29.2. The molecule has 2 aliphatic heterocycles. The number of sulfonamides is 1. The smallest absolute Gasteiger partial charge is 0.336 e. The first kappa shape index (κ1) is 39.3. The number of piperazine rings is 1. The van der Waals surface area contributed by atoms with Crippen LogP contribution in [0, 0.1) is 11.3 Å². The number of ether oxygens (including phenoxy) is 2. The number of benzene rings is 1. The molecule has 5 rings (SSSR count). The first-order valence-electron chi connectivity index (χ1n) is 17.1. The van der Waals surface area contributed by atoms with E-state index in [1.165, 1.54) is 31.8 Å². The van der Waals surface area contributed by atoms with E-state index in [4.69, 9.17) is 37.7 Å². The Bertz CT molecular complexity index is 1730. The Labute approximate surface area is 313 Å². The fraction of sp³-hybridized carbons (Fsp3) is 0.571. The number of methoxy groups -OCH3 is 2. The third-order valence-corrected chi connectivity index (χ3v) is 12.2. The second-order valence-corrected chi connectivity index (χ2v) is 17.1. The number of aryl methyl sites for hydroxylation is 1. The van der Waals surface area contributed by atoms with Crippen LogP contribution in [0.5, 0.6) is 0 Å². The number of amides is 1. The summed E-state index contributed by atoms with van der Waals surface area (Å²) in [5.41, 5.74) is 0.853. The Kier molecular flexibility index (Phi) is 13.3. The Morgan fingerprint density at radius 1 is 1.02 bits per heavy atom. The lowest BCUT2D eigenvalue weighted by atomic mass is 9.73. The van der Waals surface area contributed by atoms with Gasteiger partial charge in [-0.3, -0.25) is 19.5 Å². The standard InChI is InChI=1S/C35H45Cl2N5O7S2/c1-48-33(44)30-25(10-11-27-38-14-19-50-27)40-26(31(34(45)49-2)32(30)29-23(36)8-7-9-24(29)37)20-28(43)42-17-15-41(16-18-42)22-35(12-5-4-6-13-35)21-39-51(3,46)47/h7-9,14,19,30,32,39H,4-6,10-13,15-18,20-22H2,1-3H3. The van der Waals surface area contributed by atoms with Gasteiger partial charge in [0.25, 0.3) is 0 Å². The van der Waals surface area contributed by atoms with Crippen molar-refractivity contribution in [2.24, 2.45) is 16.3 Å². The maximum Gasteiger partial charge on any atom is 0.336 e. The second kappa shape index (κ2) is 17.3. The molecule has 2 aromatic rings. The summed E-state index contributed by atoms with van der Waals surface area (Å²) in [4.78, 5) is 54.6. The molecule has 1 saturated carbocycles. The van der Waals surface area contributed by atoms with Crippen LogP contribution in [-0.2, 0) is 40.3 Å². The molecule has 278 valence electrons. The monoisotopic (exact) mass is 781 g/mol. The molecule has 0 spiro atoms. The highest BCUT2D eigenvalue weighted by Crippen LogP contribution is 2.46. The molecular formula is C35H45Cl2N5O7S2. The van der Waals surface area contributed by atoms with E-state index in [-0.39, 0.29) is 39.1 Å². The van der Waals surface area contributed by atoms with E-state index in [1.807, 2.05) is 5.38 Å². The van der Waals surface area contributed by atoms with Crippen molar-refractivity contribution < 1.29 is 32.3 Å². The second-order valence-electron chi connectivity index (χ2n) is 13.5. The molecule has 0 radical (unpaired) electrons. The van der Waals surface area contributed by atoms with Crippen LogP contribution in [0.2, 0.25) is 10.0 Å².